The van der Waals surface area contributed by atoms with Gasteiger partial charge in [-0.2, -0.15) is 0 Å². The summed E-state index contributed by atoms with van der Waals surface area (Å²) >= 11 is 0. The molecule has 2 heterocycles. The van der Waals surface area contributed by atoms with Gasteiger partial charge < -0.3 is 0 Å². The molecule has 0 aliphatic carbocycles. The lowest BCUT2D eigenvalue weighted by Gasteiger charge is -2.00. The molecule has 0 N–H and O–H groups in total. The van der Waals surface area contributed by atoms with Crippen molar-refractivity contribution in [1.29, 1.82) is 0 Å². The monoisotopic (exact) mass is 192 g/mol. The van der Waals surface area contributed by atoms with Gasteiger partial charge in [-0.25, -0.2) is 0 Å². The van der Waals surface area contributed by atoms with E-state index in [4.69, 9.17) is 0 Å². The Labute approximate surface area is 78.3 Å². The van der Waals surface area contributed by atoms with Crippen molar-refractivity contribution >= 4 is 21.8 Å². The van der Waals surface area contributed by atoms with Crippen LogP contribution in [-0.4, -0.2) is 20.4 Å². The SMILES string of the molecule is CS(=O)c1ccnc2cccnc12. The van der Waals surface area contributed by atoms with Crippen molar-refractivity contribution < 1.29 is 4.21 Å². The maximum atomic E-state index is 11.3. The summed E-state index contributed by atoms with van der Waals surface area (Å²) in [6.45, 7) is 0. The van der Waals surface area contributed by atoms with Crippen LogP contribution in [0, 0.1) is 0 Å². The molecule has 0 aliphatic rings. The summed E-state index contributed by atoms with van der Waals surface area (Å²) in [4.78, 5) is 9.02. The van der Waals surface area contributed by atoms with Gasteiger partial charge in [-0.05, 0) is 18.2 Å². The van der Waals surface area contributed by atoms with Crippen LogP contribution in [0.1, 0.15) is 0 Å². The minimum absolute atomic E-state index is 0.728. The van der Waals surface area contributed by atoms with Gasteiger partial charge in [0.15, 0.2) is 0 Å². The van der Waals surface area contributed by atoms with Crippen molar-refractivity contribution in [3.05, 3.63) is 30.6 Å². The van der Waals surface area contributed by atoms with Gasteiger partial charge in [-0.15, -0.1) is 0 Å². The first kappa shape index (κ1) is 8.31. The second-order valence-electron chi connectivity index (χ2n) is 2.63. The molecule has 0 saturated heterocycles. The molecule has 1 atom stereocenters. The van der Waals surface area contributed by atoms with Crippen LogP contribution in [-0.2, 0) is 10.8 Å². The summed E-state index contributed by atoms with van der Waals surface area (Å²) in [7, 11) is -1.01. The average Bonchev–Trinajstić information content (AvgIpc) is 2.17. The maximum absolute atomic E-state index is 11.3. The fraction of sp³-hybridized carbons (Fsp3) is 0.111. The first-order chi connectivity index (χ1) is 6.29. The van der Waals surface area contributed by atoms with Gasteiger partial charge in [-0.3, -0.25) is 14.2 Å². The van der Waals surface area contributed by atoms with Gasteiger partial charge in [0.1, 0.15) is 5.52 Å². The standard InChI is InChI=1S/C9H8N2OS/c1-13(12)8-4-6-10-7-3-2-5-11-9(7)8/h2-6H,1H3. The molecule has 1 unspecified atom stereocenters. The van der Waals surface area contributed by atoms with Gasteiger partial charge >= 0.3 is 0 Å². The molecule has 4 heteroatoms. The highest BCUT2D eigenvalue weighted by atomic mass is 32.2. The Bertz CT molecular complexity index is 465. The molecule has 13 heavy (non-hydrogen) atoms. The Kier molecular flexibility index (Phi) is 2.06. The summed E-state index contributed by atoms with van der Waals surface area (Å²) in [5.74, 6) is 0. The normalized spacial score (nSPS) is 13.0. The first-order valence-electron chi connectivity index (χ1n) is 3.82. The smallest absolute Gasteiger partial charge is 0.105 e. The van der Waals surface area contributed by atoms with Crippen molar-refractivity contribution in [3.8, 4) is 0 Å². The number of nitrogens with zero attached hydrogens (tertiary/aromatic N) is 2. The Morgan fingerprint density at radius 2 is 2.08 bits per heavy atom. The molecular weight excluding hydrogens is 184 g/mol. The van der Waals surface area contributed by atoms with Gasteiger partial charge in [0.25, 0.3) is 0 Å². The second-order valence-corrected chi connectivity index (χ2v) is 3.98. The van der Waals surface area contributed by atoms with E-state index in [0.717, 1.165) is 15.9 Å². The molecule has 0 radical (unpaired) electrons. The third kappa shape index (κ3) is 1.45. The van der Waals surface area contributed by atoms with Crippen LogP contribution in [0.5, 0.6) is 0 Å². The lowest BCUT2D eigenvalue weighted by atomic mass is 10.3. The quantitative estimate of drug-likeness (QED) is 0.685. The highest BCUT2D eigenvalue weighted by molar-refractivity contribution is 7.84. The number of hydrogen-bond acceptors (Lipinski definition) is 3. The van der Waals surface area contributed by atoms with Crippen LogP contribution >= 0.6 is 0 Å². The van der Waals surface area contributed by atoms with E-state index in [9.17, 15) is 4.21 Å². The first-order valence-corrected chi connectivity index (χ1v) is 5.38. The van der Waals surface area contributed by atoms with E-state index in [1.807, 2.05) is 12.1 Å². The van der Waals surface area contributed by atoms with Crippen LogP contribution in [0.3, 0.4) is 0 Å². The molecule has 2 aromatic rings. The zero-order valence-corrected chi connectivity index (χ0v) is 7.91. The third-order valence-electron chi connectivity index (χ3n) is 1.77. The zero-order valence-electron chi connectivity index (χ0n) is 7.10. The van der Waals surface area contributed by atoms with E-state index in [-0.39, 0.29) is 0 Å². The van der Waals surface area contributed by atoms with E-state index >= 15 is 0 Å². The van der Waals surface area contributed by atoms with Crippen LogP contribution in [0.25, 0.3) is 11.0 Å². The molecule has 0 aromatic carbocycles. The molecule has 0 fully saturated rings. The van der Waals surface area contributed by atoms with Crippen LogP contribution in [0.4, 0.5) is 0 Å². The largest absolute Gasteiger partial charge is 0.255 e. The van der Waals surface area contributed by atoms with E-state index in [2.05, 4.69) is 9.97 Å². The van der Waals surface area contributed by atoms with Gasteiger partial charge in [-0.1, -0.05) is 0 Å². The van der Waals surface area contributed by atoms with Crippen molar-refractivity contribution in [2.24, 2.45) is 0 Å². The molecule has 0 aliphatic heterocycles. The third-order valence-corrected chi connectivity index (χ3v) is 2.72. The minimum Gasteiger partial charge on any atom is -0.255 e. The molecule has 0 spiro atoms. The van der Waals surface area contributed by atoms with Crippen molar-refractivity contribution in [2.45, 2.75) is 4.90 Å². The highest BCUT2D eigenvalue weighted by Crippen LogP contribution is 2.15. The van der Waals surface area contributed by atoms with Crippen molar-refractivity contribution in [1.82, 2.24) is 9.97 Å². The van der Waals surface area contributed by atoms with Crippen molar-refractivity contribution in [3.63, 3.8) is 0 Å². The van der Waals surface area contributed by atoms with Gasteiger partial charge in [0.05, 0.1) is 21.2 Å². The Balaban J connectivity index is 2.83. The topological polar surface area (TPSA) is 42.9 Å². The number of rotatable bonds is 1. The molecule has 3 nitrogen and oxygen atoms in total. The second kappa shape index (κ2) is 3.22. The van der Waals surface area contributed by atoms with Gasteiger partial charge in [0, 0.05) is 18.6 Å². The Morgan fingerprint density at radius 1 is 1.23 bits per heavy atom. The lowest BCUT2D eigenvalue weighted by molar-refractivity contribution is 0.687. The number of fused-ring (bicyclic) bond motifs is 1. The zero-order chi connectivity index (χ0) is 9.26. The predicted molar refractivity (Wildman–Crippen MR) is 51.9 cm³/mol. The summed E-state index contributed by atoms with van der Waals surface area (Å²) < 4.78 is 11.3. The summed E-state index contributed by atoms with van der Waals surface area (Å²) in [6.07, 6.45) is 4.98. The summed E-state index contributed by atoms with van der Waals surface area (Å²) in [6, 6.07) is 5.42. The number of hydrogen-bond donors (Lipinski definition) is 0. The van der Waals surface area contributed by atoms with E-state index in [1.54, 1.807) is 24.7 Å². The van der Waals surface area contributed by atoms with E-state index in [0.29, 0.717) is 0 Å². The fourth-order valence-corrected chi connectivity index (χ4v) is 1.87. The van der Waals surface area contributed by atoms with E-state index < -0.39 is 10.8 Å². The molecule has 66 valence electrons. The average molecular weight is 192 g/mol. The van der Waals surface area contributed by atoms with Crippen LogP contribution < -0.4 is 0 Å². The summed E-state index contributed by atoms with van der Waals surface area (Å²) in [5, 5.41) is 0. The highest BCUT2D eigenvalue weighted by Gasteiger charge is 2.04. The molecule has 0 bridgehead atoms. The number of aromatic nitrogens is 2. The van der Waals surface area contributed by atoms with Gasteiger partial charge in [0.2, 0.25) is 0 Å². The number of pyridine rings is 2. The lowest BCUT2D eigenvalue weighted by Crippen LogP contribution is -1.92. The fourth-order valence-electron chi connectivity index (χ4n) is 1.19. The Hall–Kier alpha value is -1.29. The molecule has 2 aromatic heterocycles. The molecular formula is C9H8N2OS. The van der Waals surface area contributed by atoms with Crippen LogP contribution in [0.2, 0.25) is 0 Å². The molecule has 0 saturated carbocycles. The van der Waals surface area contributed by atoms with Crippen LogP contribution in [0.15, 0.2) is 35.5 Å². The van der Waals surface area contributed by atoms with Crippen molar-refractivity contribution in [2.75, 3.05) is 6.26 Å². The minimum atomic E-state index is -1.01. The molecule has 2 rings (SSSR count). The predicted octanol–water partition coefficient (Wildman–Crippen LogP) is 1.37. The molecule has 0 amide bonds. The summed E-state index contributed by atoms with van der Waals surface area (Å²) in [5.41, 5.74) is 1.51. The van der Waals surface area contributed by atoms with E-state index in [1.165, 1.54) is 0 Å². The Morgan fingerprint density at radius 3 is 2.85 bits per heavy atom. The maximum Gasteiger partial charge on any atom is 0.105 e.